The van der Waals surface area contributed by atoms with E-state index in [4.69, 9.17) is 0 Å². The summed E-state index contributed by atoms with van der Waals surface area (Å²) in [7, 11) is 0. The standard InChI is InChI=1S/C10H20N2O2/c1-9(2,14)6-12-8(13)10(3)4-5-11-7-10/h11,14H,4-7H2,1-3H3,(H,12,13). The van der Waals surface area contributed by atoms with E-state index in [0.717, 1.165) is 19.5 Å². The lowest BCUT2D eigenvalue weighted by Crippen LogP contribution is -2.45. The number of amides is 1. The van der Waals surface area contributed by atoms with Crippen LogP contribution in [0.3, 0.4) is 0 Å². The van der Waals surface area contributed by atoms with Crippen LogP contribution in [0, 0.1) is 5.41 Å². The molecule has 0 bridgehead atoms. The van der Waals surface area contributed by atoms with E-state index >= 15 is 0 Å². The summed E-state index contributed by atoms with van der Waals surface area (Å²) in [4.78, 5) is 11.8. The second kappa shape index (κ2) is 3.87. The van der Waals surface area contributed by atoms with Crippen molar-refractivity contribution in [2.75, 3.05) is 19.6 Å². The molecule has 1 saturated heterocycles. The van der Waals surface area contributed by atoms with Gasteiger partial charge in [0.25, 0.3) is 0 Å². The van der Waals surface area contributed by atoms with Gasteiger partial charge in [-0.15, -0.1) is 0 Å². The third kappa shape index (κ3) is 2.96. The maximum Gasteiger partial charge on any atom is 0.227 e. The van der Waals surface area contributed by atoms with E-state index in [9.17, 15) is 9.90 Å². The second-order valence-electron chi connectivity index (χ2n) is 4.98. The summed E-state index contributed by atoms with van der Waals surface area (Å²) in [6.07, 6.45) is 0.866. The van der Waals surface area contributed by atoms with Crippen LogP contribution < -0.4 is 10.6 Å². The molecule has 14 heavy (non-hydrogen) atoms. The smallest absolute Gasteiger partial charge is 0.227 e. The van der Waals surface area contributed by atoms with Gasteiger partial charge in [-0.3, -0.25) is 4.79 Å². The summed E-state index contributed by atoms with van der Waals surface area (Å²) in [6, 6.07) is 0. The zero-order chi connectivity index (χ0) is 10.8. The van der Waals surface area contributed by atoms with Crippen LogP contribution in [0.1, 0.15) is 27.2 Å². The van der Waals surface area contributed by atoms with Crippen molar-refractivity contribution in [3.63, 3.8) is 0 Å². The lowest BCUT2D eigenvalue weighted by molar-refractivity contribution is -0.130. The summed E-state index contributed by atoms with van der Waals surface area (Å²) in [5.41, 5.74) is -1.14. The molecule has 1 amide bonds. The molecule has 1 aliphatic rings. The van der Waals surface area contributed by atoms with Crippen LogP contribution in [-0.4, -0.2) is 36.2 Å². The molecular formula is C10H20N2O2. The number of nitrogens with one attached hydrogen (secondary N) is 2. The first-order valence-electron chi connectivity index (χ1n) is 5.05. The molecule has 1 heterocycles. The zero-order valence-corrected chi connectivity index (χ0v) is 9.18. The molecule has 3 N–H and O–H groups in total. The normalized spacial score (nSPS) is 27.7. The Bertz CT molecular complexity index is 215. The molecule has 0 aromatic carbocycles. The van der Waals surface area contributed by atoms with Crippen LogP contribution in [0.25, 0.3) is 0 Å². The molecule has 1 atom stereocenters. The fraction of sp³-hybridized carbons (Fsp3) is 0.900. The maximum absolute atomic E-state index is 11.8. The number of hydrogen-bond acceptors (Lipinski definition) is 3. The Morgan fingerprint density at radius 2 is 2.29 bits per heavy atom. The molecule has 1 aliphatic heterocycles. The third-order valence-electron chi connectivity index (χ3n) is 2.60. The minimum Gasteiger partial charge on any atom is -0.389 e. The van der Waals surface area contributed by atoms with Gasteiger partial charge in [0.15, 0.2) is 0 Å². The van der Waals surface area contributed by atoms with Gasteiger partial charge in [0.2, 0.25) is 5.91 Å². The molecule has 82 valence electrons. The summed E-state index contributed by atoms with van der Waals surface area (Å²) >= 11 is 0. The Labute approximate surface area is 85.1 Å². The van der Waals surface area contributed by atoms with Crippen LogP contribution in [0.2, 0.25) is 0 Å². The van der Waals surface area contributed by atoms with Crippen molar-refractivity contribution in [3.05, 3.63) is 0 Å². The lowest BCUT2D eigenvalue weighted by Gasteiger charge is -2.24. The van der Waals surface area contributed by atoms with Gasteiger partial charge in [-0.25, -0.2) is 0 Å². The van der Waals surface area contributed by atoms with Crippen LogP contribution in [-0.2, 0) is 4.79 Å². The molecule has 4 heteroatoms. The van der Waals surface area contributed by atoms with Gasteiger partial charge >= 0.3 is 0 Å². The molecule has 0 aromatic heterocycles. The molecular weight excluding hydrogens is 180 g/mol. The van der Waals surface area contributed by atoms with Gasteiger partial charge in [-0.05, 0) is 33.7 Å². The first-order chi connectivity index (χ1) is 6.33. The van der Waals surface area contributed by atoms with Crippen LogP contribution in [0.15, 0.2) is 0 Å². The fourth-order valence-corrected chi connectivity index (χ4v) is 1.52. The fourth-order valence-electron chi connectivity index (χ4n) is 1.52. The summed E-state index contributed by atoms with van der Waals surface area (Å²) in [6.45, 7) is 7.25. The van der Waals surface area contributed by atoms with E-state index in [1.807, 2.05) is 6.92 Å². The maximum atomic E-state index is 11.8. The summed E-state index contributed by atoms with van der Waals surface area (Å²) in [5, 5.41) is 15.4. The van der Waals surface area contributed by atoms with Gasteiger partial charge in [-0.1, -0.05) is 0 Å². The Hall–Kier alpha value is -0.610. The first kappa shape index (κ1) is 11.5. The van der Waals surface area contributed by atoms with Crippen molar-refractivity contribution in [1.82, 2.24) is 10.6 Å². The number of aliphatic hydroxyl groups is 1. The number of rotatable bonds is 3. The highest BCUT2D eigenvalue weighted by molar-refractivity contribution is 5.82. The predicted octanol–water partition coefficient (Wildman–Crippen LogP) is -0.127. The SMILES string of the molecule is CC(C)(O)CNC(=O)C1(C)CCNC1. The van der Waals surface area contributed by atoms with E-state index < -0.39 is 5.60 Å². The van der Waals surface area contributed by atoms with Crippen molar-refractivity contribution in [3.8, 4) is 0 Å². The van der Waals surface area contributed by atoms with E-state index in [0.29, 0.717) is 6.54 Å². The van der Waals surface area contributed by atoms with Crippen molar-refractivity contribution in [1.29, 1.82) is 0 Å². The van der Waals surface area contributed by atoms with Crippen molar-refractivity contribution in [2.24, 2.45) is 5.41 Å². The number of carbonyl (C=O) groups is 1. The van der Waals surface area contributed by atoms with E-state index in [1.165, 1.54) is 0 Å². The second-order valence-corrected chi connectivity index (χ2v) is 4.98. The summed E-state index contributed by atoms with van der Waals surface area (Å²) in [5.74, 6) is 0.0321. The minimum atomic E-state index is -0.835. The highest BCUT2D eigenvalue weighted by Gasteiger charge is 2.36. The predicted molar refractivity (Wildman–Crippen MR) is 54.9 cm³/mol. The first-order valence-corrected chi connectivity index (χ1v) is 5.05. The molecule has 1 unspecified atom stereocenters. The van der Waals surface area contributed by atoms with Gasteiger partial charge in [-0.2, -0.15) is 0 Å². The Balaban J connectivity index is 2.42. The van der Waals surface area contributed by atoms with E-state index in [1.54, 1.807) is 13.8 Å². The van der Waals surface area contributed by atoms with Crippen LogP contribution in [0.4, 0.5) is 0 Å². The number of hydrogen-bond donors (Lipinski definition) is 3. The molecule has 0 aromatic rings. The Kier molecular flexibility index (Phi) is 3.17. The average molecular weight is 200 g/mol. The van der Waals surface area contributed by atoms with Gasteiger partial charge in [0, 0.05) is 13.1 Å². The van der Waals surface area contributed by atoms with Gasteiger partial charge in [0.1, 0.15) is 0 Å². The largest absolute Gasteiger partial charge is 0.389 e. The molecule has 0 radical (unpaired) electrons. The third-order valence-corrected chi connectivity index (χ3v) is 2.60. The quantitative estimate of drug-likeness (QED) is 0.595. The molecule has 0 aliphatic carbocycles. The molecule has 1 fully saturated rings. The highest BCUT2D eigenvalue weighted by atomic mass is 16.3. The number of carbonyl (C=O) groups excluding carboxylic acids is 1. The van der Waals surface area contributed by atoms with Crippen LogP contribution in [0.5, 0.6) is 0 Å². The van der Waals surface area contributed by atoms with E-state index in [-0.39, 0.29) is 11.3 Å². The summed E-state index contributed by atoms with van der Waals surface area (Å²) < 4.78 is 0. The Morgan fingerprint density at radius 1 is 1.64 bits per heavy atom. The molecule has 0 spiro atoms. The monoisotopic (exact) mass is 200 g/mol. The van der Waals surface area contributed by atoms with E-state index in [2.05, 4.69) is 10.6 Å². The Morgan fingerprint density at radius 3 is 2.71 bits per heavy atom. The van der Waals surface area contributed by atoms with Gasteiger partial charge < -0.3 is 15.7 Å². The van der Waals surface area contributed by atoms with Crippen LogP contribution >= 0.6 is 0 Å². The minimum absolute atomic E-state index is 0.0321. The lowest BCUT2D eigenvalue weighted by atomic mass is 9.88. The highest BCUT2D eigenvalue weighted by Crippen LogP contribution is 2.24. The molecule has 0 saturated carbocycles. The average Bonchev–Trinajstić information content (AvgIpc) is 2.48. The van der Waals surface area contributed by atoms with Crippen molar-refractivity contribution < 1.29 is 9.90 Å². The topological polar surface area (TPSA) is 61.4 Å². The van der Waals surface area contributed by atoms with Crippen molar-refractivity contribution >= 4 is 5.91 Å². The molecule has 1 rings (SSSR count). The van der Waals surface area contributed by atoms with Crippen molar-refractivity contribution in [2.45, 2.75) is 32.8 Å². The van der Waals surface area contributed by atoms with Gasteiger partial charge in [0.05, 0.1) is 11.0 Å². The zero-order valence-electron chi connectivity index (χ0n) is 9.18. The molecule has 4 nitrogen and oxygen atoms in total.